The van der Waals surface area contributed by atoms with Crippen LogP contribution in [-0.4, -0.2) is 37.0 Å². The molecule has 1 aromatic heterocycles. The van der Waals surface area contributed by atoms with Crippen LogP contribution >= 0.6 is 0 Å². The second-order valence-corrected chi connectivity index (χ2v) is 4.71. The summed E-state index contributed by atoms with van der Waals surface area (Å²) < 4.78 is 16.0. The van der Waals surface area contributed by atoms with Crippen molar-refractivity contribution in [3.63, 3.8) is 0 Å². The number of hydrogen-bond acceptors (Lipinski definition) is 6. The van der Waals surface area contributed by atoms with E-state index in [-0.39, 0.29) is 12.1 Å². The van der Waals surface area contributed by atoms with Gasteiger partial charge in [0.15, 0.2) is 0 Å². The number of ether oxygens (including phenoxy) is 2. The Morgan fingerprint density at radius 1 is 1.30 bits per heavy atom. The van der Waals surface area contributed by atoms with Gasteiger partial charge in [-0.05, 0) is 18.6 Å². The van der Waals surface area contributed by atoms with Crippen LogP contribution in [0, 0.1) is 0 Å². The molecule has 0 saturated carbocycles. The molecule has 2 heterocycles. The third-order valence-electron chi connectivity index (χ3n) is 3.51. The monoisotopic (exact) mass is 275 g/mol. The fourth-order valence-corrected chi connectivity index (χ4v) is 2.39. The smallest absolute Gasteiger partial charge is 0.244 e. The van der Waals surface area contributed by atoms with E-state index in [1.807, 2.05) is 24.3 Å². The summed E-state index contributed by atoms with van der Waals surface area (Å²) in [6, 6.07) is 7.66. The first kappa shape index (κ1) is 13.1. The minimum Gasteiger partial charge on any atom is -0.496 e. The Bertz CT molecular complexity index is 585. The summed E-state index contributed by atoms with van der Waals surface area (Å²) >= 11 is 0. The maximum absolute atomic E-state index is 5.36. The van der Waals surface area contributed by atoms with Gasteiger partial charge in [0.1, 0.15) is 5.75 Å². The summed E-state index contributed by atoms with van der Waals surface area (Å²) in [7, 11) is 3.34. The first-order valence-corrected chi connectivity index (χ1v) is 6.55. The molecule has 1 saturated heterocycles. The molecule has 0 amide bonds. The molecular formula is C14H17N3O3. The summed E-state index contributed by atoms with van der Waals surface area (Å²) in [5, 5.41) is 7.36. The second kappa shape index (κ2) is 5.60. The van der Waals surface area contributed by atoms with Crippen LogP contribution in [0.1, 0.15) is 18.4 Å². The lowest BCUT2D eigenvalue weighted by Crippen LogP contribution is -2.16. The van der Waals surface area contributed by atoms with Gasteiger partial charge in [0.05, 0.1) is 24.8 Å². The maximum atomic E-state index is 5.36. The minimum atomic E-state index is 0.0518. The van der Waals surface area contributed by atoms with Crippen LogP contribution in [0.15, 0.2) is 28.8 Å². The molecule has 0 radical (unpaired) electrons. The lowest BCUT2D eigenvalue weighted by Gasteiger charge is -2.04. The molecule has 0 aliphatic carbocycles. The van der Waals surface area contributed by atoms with E-state index >= 15 is 0 Å². The summed E-state index contributed by atoms with van der Waals surface area (Å²) in [6.07, 6.45) is 1.03. The SMILES string of the molecule is COc1ccccc1-c1noc([C@H]2C[C@H](OC)CN2)n1. The van der Waals surface area contributed by atoms with Crippen LogP contribution in [0.5, 0.6) is 5.75 Å². The van der Waals surface area contributed by atoms with Crippen LogP contribution in [0.3, 0.4) is 0 Å². The van der Waals surface area contributed by atoms with E-state index in [4.69, 9.17) is 14.0 Å². The molecule has 0 spiro atoms. The van der Waals surface area contributed by atoms with Crippen molar-refractivity contribution in [2.45, 2.75) is 18.6 Å². The van der Waals surface area contributed by atoms with E-state index in [2.05, 4.69) is 15.5 Å². The maximum Gasteiger partial charge on any atom is 0.244 e. The summed E-state index contributed by atoms with van der Waals surface area (Å²) in [5.41, 5.74) is 0.825. The van der Waals surface area contributed by atoms with Gasteiger partial charge in [0, 0.05) is 13.7 Å². The number of benzene rings is 1. The van der Waals surface area contributed by atoms with Crippen molar-refractivity contribution >= 4 is 0 Å². The average molecular weight is 275 g/mol. The topological polar surface area (TPSA) is 69.4 Å². The van der Waals surface area contributed by atoms with E-state index < -0.39 is 0 Å². The highest BCUT2D eigenvalue weighted by Gasteiger charge is 2.29. The van der Waals surface area contributed by atoms with E-state index in [1.54, 1.807) is 14.2 Å². The molecular weight excluding hydrogens is 258 g/mol. The van der Waals surface area contributed by atoms with Gasteiger partial charge in [0.25, 0.3) is 0 Å². The molecule has 1 aromatic carbocycles. The molecule has 1 aliphatic heterocycles. The molecule has 6 nitrogen and oxygen atoms in total. The Hall–Kier alpha value is -1.92. The number of nitrogens with zero attached hydrogens (tertiary/aromatic N) is 2. The molecule has 2 atom stereocenters. The highest BCUT2D eigenvalue weighted by molar-refractivity contribution is 5.63. The average Bonchev–Trinajstić information content (AvgIpc) is 3.15. The van der Waals surface area contributed by atoms with E-state index in [0.717, 1.165) is 24.3 Å². The Labute approximate surface area is 117 Å². The van der Waals surface area contributed by atoms with Crippen molar-refractivity contribution in [3.8, 4) is 17.1 Å². The van der Waals surface area contributed by atoms with Crippen LogP contribution in [0.2, 0.25) is 0 Å². The van der Waals surface area contributed by atoms with Gasteiger partial charge >= 0.3 is 0 Å². The number of aromatic nitrogens is 2. The molecule has 1 fully saturated rings. The molecule has 0 unspecified atom stereocenters. The van der Waals surface area contributed by atoms with Crippen molar-refractivity contribution in [1.82, 2.24) is 15.5 Å². The lowest BCUT2D eigenvalue weighted by atomic mass is 10.2. The number of rotatable bonds is 4. The van der Waals surface area contributed by atoms with Crippen molar-refractivity contribution in [1.29, 1.82) is 0 Å². The van der Waals surface area contributed by atoms with Gasteiger partial charge in [-0.25, -0.2) is 0 Å². The van der Waals surface area contributed by atoms with Gasteiger partial charge in [-0.2, -0.15) is 4.98 Å². The zero-order valence-corrected chi connectivity index (χ0v) is 11.5. The van der Waals surface area contributed by atoms with Crippen molar-refractivity contribution < 1.29 is 14.0 Å². The Kier molecular flexibility index (Phi) is 3.66. The molecule has 0 bridgehead atoms. The van der Waals surface area contributed by atoms with Gasteiger partial charge in [-0.1, -0.05) is 17.3 Å². The zero-order valence-electron chi connectivity index (χ0n) is 11.5. The van der Waals surface area contributed by atoms with Gasteiger partial charge in [-0.3, -0.25) is 0 Å². The third-order valence-corrected chi connectivity index (χ3v) is 3.51. The molecule has 1 aliphatic rings. The van der Waals surface area contributed by atoms with E-state index in [0.29, 0.717) is 11.7 Å². The van der Waals surface area contributed by atoms with Crippen molar-refractivity contribution in [2.75, 3.05) is 20.8 Å². The van der Waals surface area contributed by atoms with Gasteiger partial charge in [-0.15, -0.1) is 0 Å². The predicted octanol–water partition coefficient (Wildman–Crippen LogP) is 1.79. The second-order valence-electron chi connectivity index (χ2n) is 4.71. The van der Waals surface area contributed by atoms with Crippen LogP contribution in [-0.2, 0) is 4.74 Å². The number of methoxy groups -OCH3 is 2. The normalized spacial score (nSPS) is 22.1. The molecule has 2 aromatic rings. The molecule has 20 heavy (non-hydrogen) atoms. The number of para-hydroxylation sites is 1. The van der Waals surface area contributed by atoms with Crippen molar-refractivity contribution in [2.24, 2.45) is 0 Å². The lowest BCUT2D eigenvalue weighted by molar-refractivity contribution is 0.116. The Balaban J connectivity index is 1.83. The van der Waals surface area contributed by atoms with Crippen LogP contribution in [0.4, 0.5) is 0 Å². The molecule has 6 heteroatoms. The quantitative estimate of drug-likeness (QED) is 0.917. The summed E-state index contributed by atoms with van der Waals surface area (Å²) in [5.74, 6) is 1.86. The Morgan fingerprint density at radius 2 is 2.15 bits per heavy atom. The number of hydrogen-bond donors (Lipinski definition) is 1. The predicted molar refractivity (Wildman–Crippen MR) is 72.4 cm³/mol. The minimum absolute atomic E-state index is 0.0518. The summed E-state index contributed by atoms with van der Waals surface area (Å²) in [4.78, 5) is 4.46. The highest BCUT2D eigenvalue weighted by atomic mass is 16.5. The zero-order chi connectivity index (χ0) is 13.9. The molecule has 1 N–H and O–H groups in total. The van der Waals surface area contributed by atoms with Gasteiger partial charge < -0.3 is 19.3 Å². The van der Waals surface area contributed by atoms with Gasteiger partial charge in [0.2, 0.25) is 11.7 Å². The third kappa shape index (κ3) is 2.39. The first-order valence-electron chi connectivity index (χ1n) is 6.55. The standard InChI is InChI=1S/C14H17N3O3/c1-18-9-7-11(15-8-9)14-16-13(17-20-14)10-5-3-4-6-12(10)19-2/h3-6,9,11,15H,7-8H2,1-2H3/t9-,11+/m0/s1. The molecule has 106 valence electrons. The molecule has 3 rings (SSSR count). The number of nitrogens with one attached hydrogen (secondary N) is 1. The van der Waals surface area contributed by atoms with E-state index in [1.165, 1.54) is 0 Å². The fourth-order valence-electron chi connectivity index (χ4n) is 2.39. The summed E-state index contributed by atoms with van der Waals surface area (Å²) in [6.45, 7) is 0.799. The van der Waals surface area contributed by atoms with Crippen LogP contribution in [0.25, 0.3) is 11.4 Å². The largest absolute Gasteiger partial charge is 0.496 e. The Morgan fingerprint density at radius 3 is 2.90 bits per heavy atom. The first-order chi connectivity index (χ1) is 9.81. The highest BCUT2D eigenvalue weighted by Crippen LogP contribution is 2.30. The van der Waals surface area contributed by atoms with Crippen molar-refractivity contribution in [3.05, 3.63) is 30.2 Å². The fraction of sp³-hybridized carbons (Fsp3) is 0.429. The van der Waals surface area contributed by atoms with E-state index in [9.17, 15) is 0 Å². The van der Waals surface area contributed by atoms with Crippen LogP contribution < -0.4 is 10.1 Å².